The van der Waals surface area contributed by atoms with Gasteiger partial charge in [-0.3, -0.25) is 9.59 Å². The lowest BCUT2D eigenvalue weighted by Crippen LogP contribution is -2.44. The van der Waals surface area contributed by atoms with E-state index in [9.17, 15) is 9.59 Å². The van der Waals surface area contributed by atoms with Gasteiger partial charge in [-0.15, -0.1) is 0 Å². The summed E-state index contributed by atoms with van der Waals surface area (Å²) in [6, 6.07) is 12.2. The van der Waals surface area contributed by atoms with Crippen molar-refractivity contribution in [1.29, 1.82) is 0 Å². The Hall–Kier alpha value is -1.44. The van der Waals surface area contributed by atoms with Crippen molar-refractivity contribution in [2.24, 2.45) is 5.92 Å². The molecule has 0 aromatic heterocycles. The minimum absolute atomic E-state index is 0.177. The summed E-state index contributed by atoms with van der Waals surface area (Å²) in [6.07, 6.45) is 0.963. The van der Waals surface area contributed by atoms with E-state index in [1.165, 1.54) is 4.90 Å². The standard InChI is InChI=1S/C20H16BrCl2N3O2/c21-12-7-5-11(6-8-12)16-15-18(25-10-2-9-24(16)25)20(28)26(19(15)27)17-13(22)3-1-4-14(17)23/h1,3-8,15-16,18H,2,9-10H2. The fraction of sp³-hybridized carbons (Fsp3) is 0.300. The van der Waals surface area contributed by atoms with E-state index in [1.807, 2.05) is 24.3 Å². The van der Waals surface area contributed by atoms with E-state index in [1.54, 1.807) is 18.2 Å². The van der Waals surface area contributed by atoms with Crippen LogP contribution in [0.1, 0.15) is 18.0 Å². The second-order valence-electron chi connectivity index (χ2n) is 7.23. The SMILES string of the molecule is O=C1C2C(C(=O)N1c1c(Cl)cccc1Cl)N1CCCN1C2c1ccc(Br)cc1. The first kappa shape index (κ1) is 18.6. The van der Waals surface area contributed by atoms with Gasteiger partial charge < -0.3 is 0 Å². The van der Waals surface area contributed by atoms with Crippen LogP contribution in [0, 0.1) is 5.92 Å². The molecule has 5 rings (SSSR count). The fourth-order valence-electron chi connectivity index (χ4n) is 4.70. The van der Waals surface area contributed by atoms with E-state index >= 15 is 0 Å². The van der Waals surface area contributed by atoms with Crippen molar-refractivity contribution in [2.45, 2.75) is 18.5 Å². The van der Waals surface area contributed by atoms with Crippen molar-refractivity contribution >= 4 is 56.6 Å². The number of rotatable bonds is 2. The van der Waals surface area contributed by atoms with Crippen LogP contribution in [0.2, 0.25) is 10.0 Å². The van der Waals surface area contributed by atoms with Crippen LogP contribution in [0.5, 0.6) is 0 Å². The van der Waals surface area contributed by atoms with Gasteiger partial charge >= 0.3 is 0 Å². The lowest BCUT2D eigenvalue weighted by Gasteiger charge is -2.30. The second-order valence-corrected chi connectivity index (χ2v) is 8.96. The molecule has 0 radical (unpaired) electrons. The number of carbonyl (C=O) groups is 2. The lowest BCUT2D eigenvalue weighted by molar-refractivity contribution is -0.126. The maximum Gasteiger partial charge on any atom is 0.253 e. The molecular formula is C20H16BrCl2N3O2. The predicted molar refractivity (Wildman–Crippen MR) is 111 cm³/mol. The molecular weight excluding hydrogens is 465 g/mol. The zero-order valence-corrected chi connectivity index (χ0v) is 17.8. The summed E-state index contributed by atoms with van der Waals surface area (Å²) < 4.78 is 0.974. The molecule has 28 heavy (non-hydrogen) atoms. The molecule has 2 aromatic carbocycles. The fourth-order valence-corrected chi connectivity index (χ4v) is 5.53. The topological polar surface area (TPSA) is 43.9 Å². The molecule has 3 heterocycles. The van der Waals surface area contributed by atoms with Crippen molar-refractivity contribution in [3.05, 3.63) is 62.5 Å². The number of hydrogen-bond acceptors (Lipinski definition) is 4. The molecule has 0 aliphatic carbocycles. The van der Waals surface area contributed by atoms with Crippen molar-refractivity contribution < 1.29 is 9.59 Å². The van der Waals surface area contributed by atoms with Crippen LogP contribution in [0.3, 0.4) is 0 Å². The first-order valence-corrected chi connectivity index (χ1v) is 10.6. The molecule has 0 saturated carbocycles. The van der Waals surface area contributed by atoms with Crippen LogP contribution in [0.4, 0.5) is 5.69 Å². The molecule has 5 nitrogen and oxygen atoms in total. The Morgan fingerprint density at radius 1 is 0.857 bits per heavy atom. The number of benzene rings is 2. The monoisotopic (exact) mass is 479 g/mol. The Labute approximate surface area is 180 Å². The molecule has 3 saturated heterocycles. The number of fused-ring (bicyclic) bond motifs is 3. The summed E-state index contributed by atoms with van der Waals surface area (Å²) >= 11 is 16.1. The van der Waals surface area contributed by atoms with Gasteiger partial charge in [-0.05, 0) is 36.2 Å². The average Bonchev–Trinajstić information content (AvgIpc) is 3.30. The van der Waals surface area contributed by atoms with Gasteiger partial charge in [0, 0.05) is 17.6 Å². The number of imide groups is 1. The minimum atomic E-state index is -0.518. The normalized spacial score (nSPS) is 27.5. The summed E-state index contributed by atoms with van der Waals surface area (Å²) in [5.74, 6) is -0.981. The largest absolute Gasteiger partial charge is 0.274 e. The van der Waals surface area contributed by atoms with E-state index < -0.39 is 12.0 Å². The number of carbonyl (C=O) groups excluding carboxylic acids is 2. The van der Waals surface area contributed by atoms with Crippen molar-refractivity contribution in [2.75, 3.05) is 18.0 Å². The third kappa shape index (κ3) is 2.59. The number of nitrogens with zero attached hydrogens (tertiary/aromatic N) is 3. The summed E-state index contributed by atoms with van der Waals surface area (Å²) in [5.41, 5.74) is 1.31. The van der Waals surface area contributed by atoms with Crippen LogP contribution in [-0.4, -0.2) is 41.0 Å². The summed E-state index contributed by atoms with van der Waals surface area (Å²) in [7, 11) is 0. The number of amides is 2. The van der Waals surface area contributed by atoms with Crippen molar-refractivity contribution in [3.63, 3.8) is 0 Å². The molecule has 2 amide bonds. The zero-order valence-electron chi connectivity index (χ0n) is 14.7. The Bertz CT molecular complexity index is 964. The Kier molecular flexibility index (Phi) is 4.52. The minimum Gasteiger partial charge on any atom is -0.274 e. The first-order valence-electron chi connectivity index (χ1n) is 9.09. The molecule has 8 heteroatoms. The third-order valence-corrected chi connectivity index (χ3v) is 6.92. The van der Waals surface area contributed by atoms with Crippen molar-refractivity contribution in [1.82, 2.24) is 10.0 Å². The number of hydrazine groups is 1. The maximum absolute atomic E-state index is 13.5. The van der Waals surface area contributed by atoms with Crippen LogP contribution >= 0.6 is 39.1 Å². The van der Waals surface area contributed by atoms with Crippen LogP contribution in [0.25, 0.3) is 0 Å². The molecule has 3 aliphatic rings. The molecule has 144 valence electrons. The maximum atomic E-state index is 13.5. The van der Waals surface area contributed by atoms with Gasteiger partial charge in [0.2, 0.25) is 5.91 Å². The third-order valence-electron chi connectivity index (χ3n) is 5.78. The highest BCUT2D eigenvalue weighted by atomic mass is 79.9. The van der Waals surface area contributed by atoms with Crippen LogP contribution in [-0.2, 0) is 9.59 Å². The lowest BCUT2D eigenvalue weighted by atomic mass is 9.90. The molecule has 0 spiro atoms. The molecule has 3 atom stereocenters. The number of anilines is 1. The number of hydrogen-bond donors (Lipinski definition) is 0. The Morgan fingerprint density at radius 3 is 2.11 bits per heavy atom. The van der Waals surface area contributed by atoms with Gasteiger partial charge in [0.15, 0.2) is 0 Å². The average molecular weight is 481 g/mol. The summed E-state index contributed by atoms with van der Waals surface area (Å²) in [6.45, 7) is 1.60. The highest BCUT2D eigenvalue weighted by Crippen LogP contribution is 2.50. The van der Waals surface area contributed by atoms with Gasteiger partial charge in [0.1, 0.15) is 6.04 Å². The van der Waals surface area contributed by atoms with E-state index in [4.69, 9.17) is 23.2 Å². The number of para-hydroxylation sites is 1. The molecule has 3 unspecified atom stereocenters. The summed E-state index contributed by atoms with van der Waals surface area (Å²) in [5, 5.41) is 4.84. The molecule has 0 N–H and O–H groups in total. The van der Waals surface area contributed by atoms with Gasteiger partial charge in [-0.25, -0.2) is 14.9 Å². The van der Waals surface area contributed by atoms with E-state index in [0.29, 0.717) is 10.0 Å². The van der Waals surface area contributed by atoms with Crippen molar-refractivity contribution in [3.8, 4) is 0 Å². The van der Waals surface area contributed by atoms with Gasteiger partial charge in [-0.2, -0.15) is 0 Å². The highest BCUT2D eigenvalue weighted by Gasteiger charge is 2.63. The Balaban J connectivity index is 1.62. The van der Waals surface area contributed by atoms with Crippen LogP contribution in [0.15, 0.2) is 46.9 Å². The molecule has 3 aliphatic heterocycles. The van der Waals surface area contributed by atoms with E-state index in [0.717, 1.165) is 29.5 Å². The van der Waals surface area contributed by atoms with Gasteiger partial charge in [-0.1, -0.05) is 57.3 Å². The predicted octanol–water partition coefficient (Wildman–Crippen LogP) is 4.29. The second kappa shape index (κ2) is 6.82. The molecule has 0 bridgehead atoms. The van der Waals surface area contributed by atoms with Gasteiger partial charge in [0.25, 0.3) is 5.91 Å². The number of halogens is 3. The van der Waals surface area contributed by atoms with E-state index in [2.05, 4.69) is 25.9 Å². The smallest absolute Gasteiger partial charge is 0.253 e. The Morgan fingerprint density at radius 2 is 1.46 bits per heavy atom. The van der Waals surface area contributed by atoms with Crippen LogP contribution < -0.4 is 4.90 Å². The summed E-state index contributed by atoms with van der Waals surface area (Å²) in [4.78, 5) is 28.1. The first-order chi connectivity index (χ1) is 13.5. The van der Waals surface area contributed by atoms with E-state index in [-0.39, 0.29) is 23.5 Å². The van der Waals surface area contributed by atoms with Gasteiger partial charge in [0.05, 0.1) is 27.7 Å². The zero-order chi connectivity index (χ0) is 19.6. The molecule has 2 aromatic rings. The quantitative estimate of drug-likeness (QED) is 0.601. The molecule has 3 fully saturated rings. The highest BCUT2D eigenvalue weighted by molar-refractivity contribution is 9.10.